The van der Waals surface area contributed by atoms with E-state index in [1.54, 1.807) is 24.4 Å². The number of aromatic carboxylic acids is 1. The van der Waals surface area contributed by atoms with Gasteiger partial charge in [0.25, 0.3) is 0 Å². The van der Waals surface area contributed by atoms with Gasteiger partial charge in [-0.1, -0.05) is 6.07 Å². The van der Waals surface area contributed by atoms with Gasteiger partial charge in [-0.15, -0.1) is 0 Å². The molecule has 1 aromatic heterocycles. The smallest absolute Gasteiger partial charge is 0.335 e. The fourth-order valence-electron chi connectivity index (χ4n) is 2.23. The van der Waals surface area contributed by atoms with E-state index in [4.69, 9.17) is 5.11 Å². The first-order valence-corrected chi connectivity index (χ1v) is 5.82. The Morgan fingerprint density at radius 1 is 1.33 bits per heavy atom. The summed E-state index contributed by atoms with van der Waals surface area (Å²) < 4.78 is 2.12. The van der Waals surface area contributed by atoms with Gasteiger partial charge >= 0.3 is 5.97 Å². The van der Waals surface area contributed by atoms with Gasteiger partial charge in [-0.25, -0.2) is 9.78 Å². The molecule has 0 amide bonds. The monoisotopic (exact) mass is 243 g/mol. The van der Waals surface area contributed by atoms with E-state index in [0.29, 0.717) is 5.56 Å². The van der Waals surface area contributed by atoms with Crippen molar-refractivity contribution in [3.63, 3.8) is 0 Å². The maximum atomic E-state index is 11.0. The highest BCUT2D eigenvalue weighted by molar-refractivity contribution is 5.88. The van der Waals surface area contributed by atoms with E-state index in [1.165, 1.54) is 0 Å². The zero-order valence-corrected chi connectivity index (χ0v) is 9.78. The third-order valence-corrected chi connectivity index (χ3v) is 3.20. The zero-order valence-electron chi connectivity index (χ0n) is 9.78. The maximum Gasteiger partial charge on any atom is 0.335 e. The van der Waals surface area contributed by atoms with Crippen LogP contribution in [0.5, 0.6) is 0 Å². The molecule has 0 radical (unpaired) electrons. The summed E-state index contributed by atoms with van der Waals surface area (Å²) in [5.41, 5.74) is 1.26. The van der Waals surface area contributed by atoms with Gasteiger partial charge in [0, 0.05) is 31.2 Å². The second-order valence-corrected chi connectivity index (χ2v) is 4.31. The Labute approximate surface area is 104 Å². The summed E-state index contributed by atoms with van der Waals surface area (Å²) >= 11 is 0. The van der Waals surface area contributed by atoms with Gasteiger partial charge in [-0.2, -0.15) is 0 Å². The van der Waals surface area contributed by atoms with Crippen LogP contribution in [-0.2, 0) is 13.1 Å². The first kappa shape index (κ1) is 10.8. The van der Waals surface area contributed by atoms with Crippen LogP contribution in [-0.4, -0.2) is 27.2 Å². The van der Waals surface area contributed by atoms with Gasteiger partial charge in [0.1, 0.15) is 5.82 Å². The normalized spacial score (nSPS) is 14.3. The first-order valence-electron chi connectivity index (χ1n) is 5.82. The number of carboxylic acids is 1. The van der Waals surface area contributed by atoms with Crippen LogP contribution in [0.1, 0.15) is 16.2 Å². The molecule has 0 saturated heterocycles. The summed E-state index contributed by atoms with van der Waals surface area (Å²) in [7, 11) is 0. The molecular formula is C13H13N3O2. The number of carbonyl (C=O) groups is 1. The minimum Gasteiger partial charge on any atom is -0.478 e. The van der Waals surface area contributed by atoms with Crippen LogP contribution in [0.25, 0.3) is 0 Å². The van der Waals surface area contributed by atoms with Crippen molar-refractivity contribution < 1.29 is 9.90 Å². The van der Waals surface area contributed by atoms with Gasteiger partial charge in [-0.05, 0) is 18.2 Å². The molecule has 1 aliphatic rings. The van der Waals surface area contributed by atoms with E-state index in [-0.39, 0.29) is 0 Å². The van der Waals surface area contributed by atoms with E-state index in [1.807, 2.05) is 12.3 Å². The highest BCUT2D eigenvalue weighted by Gasteiger charge is 2.17. The Bertz CT molecular complexity index is 591. The molecule has 5 nitrogen and oxygen atoms in total. The number of hydrogen-bond donors (Lipinski definition) is 1. The number of benzene rings is 1. The van der Waals surface area contributed by atoms with Crippen molar-refractivity contribution in [2.24, 2.45) is 0 Å². The van der Waals surface area contributed by atoms with Crippen LogP contribution < -0.4 is 4.90 Å². The number of imidazole rings is 1. The second-order valence-electron chi connectivity index (χ2n) is 4.31. The summed E-state index contributed by atoms with van der Waals surface area (Å²) in [6, 6.07) is 7.03. The predicted octanol–water partition coefficient (Wildman–Crippen LogP) is 1.60. The third-order valence-electron chi connectivity index (χ3n) is 3.20. The summed E-state index contributed by atoms with van der Waals surface area (Å²) in [6.07, 6.45) is 3.77. The van der Waals surface area contributed by atoms with Crippen molar-refractivity contribution in [3.05, 3.63) is 48.0 Å². The number of rotatable bonds is 2. The molecule has 3 rings (SSSR count). The Balaban J connectivity index is 1.88. The lowest BCUT2D eigenvalue weighted by Gasteiger charge is -2.29. The Morgan fingerprint density at radius 2 is 2.22 bits per heavy atom. The van der Waals surface area contributed by atoms with Crippen molar-refractivity contribution in [1.82, 2.24) is 9.55 Å². The predicted molar refractivity (Wildman–Crippen MR) is 66.7 cm³/mol. The van der Waals surface area contributed by atoms with E-state index in [0.717, 1.165) is 31.1 Å². The molecule has 18 heavy (non-hydrogen) atoms. The molecule has 1 aromatic carbocycles. The molecule has 0 fully saturated rings. The van der Waals surface area contributed by atoms with Gasteiger partial charge in [0.2, 0.25) is 0 Å². The van der Waals surface area contributed by atoms with Crippen molar-refractivity contribution in [1.29, 1.82) is 0 Å². The molecule has 5 heteroatoms. The molecule has 92 valence electrons. The van der Waals surface area contributed by atoms with Crippen molar-refractivity contribution >= 4 is 11.7 Å². The summed E-state index contributed by atoms with van der Waals surface area (Å²) in [4.78, 5) is 17.4. The molecule has 0 aliphatic carbocycles. The maximum absolute atomic E-state index is 11.0. The van der Waals surface area contributed by atoms with Gasteiger partial charge in [0.05, 0.1) is 12.1 Å². The van der Waals surface area contributed by atoms with E-state index in [9.17, 15) is 4.79 Å². The molecule has 1 aliphatic heterocycles. The lowest BCUT2D eigenvalue weighted by atomic mass is 10.2. The number of carboxylic acid groups (broad SMARTS) is 1. The fraction of sp³-hybridized carbons (Fsp3) is 0.231. The highest BCUT2D eigenvalue weighted by atomic mass is 16.4. The average molecular weight is 243 g/mol. The Hall–Kier alpha value is -2.30. The first-order chi connectivity index (χ1) is 8.74. The number of anilines is 1. The lowest BCUT2D eigenvalue weighted by molar-refractivity contribution is 0.0697. The highest BCUT2D eigenvalue weighted by Crippen LogP contribution is 2.21. The molecule has 0 saturated carbocycles. The van der Waals surface area contributed by atoms with E-state index >= 15 is 0 Å². The third kappa shape index (κ3) is 1.84. The lowest BCUT2D eigenvalue weighted by Crippen LogP contribution is -2.33. The van der Waals surface area contributed by atoms with E-state index in [2.05, 4.69) is 14.5 Å². The molecule has 0 atom stereocenters. The Morgan fingerprint density at radius 3 is 3.06 bits per heavy atom. The topological polar surface area (TPSA) is 58.4 Å². The van der Waals surface area contributed by atoms with Crippen LogP contribution in [0.2, 0.25) is 0 Å². The van der Waals surface area contributed by atoms with Crippen LogP contribution >= 0.6 is 0 Å². The van der Waals surface area contributed by atoms with Crippen molar-refractivity contribution in [2.45, 2.75) is 13.1 Å². The molecular weight excluding hydrogens is 230 g/mol. The molecule has 0 unspecified atom stereocenters. The zero-order chi connectivity index (χ0) is 12.5. The summed E-state index contributed by atoms with van der Waals surface area (Å²) in [6.45, 7) is 2.47. The number of nitrogens with zero attached hydrogens (tertiary/aromatic N) is 3. The van der Waals surface area contributed by atoms with Crippen molar-refractivity contribution in [2.75, 3.05) is 11.4 Å². The summed E-state index contributed by atoms with van der Waals surface area (Å²) in [5.74, 6) is 0.123. The molecule has 0 spiro atoms. The molecule has 1 N–H and O–H groups in total. The van der Waals surface area contributed by atoms with Crippen LogP contribution in [0, 0.1) is 0 Å². The standard InChI is InChI=1S/C13H13N3O2/c17-13(18)10-2-1-3-11(8-10)16-7-6-15-5-4-14-12(15)9-16/h1-5,8H,6-7,9H2,(H,17,18). The fourth-order valence-corrected chi connectivity index (χ4v) is 2.23. The van der Waals surface area contributed by atoms with Crippen LogP contribution in [0.4, 0.5) is 5.69 Å². The summed E-state index contributed by atoms with van der Waals surface area (Å²) in [5, 5.41) is 9.00. The largest absolute Gasteiger partial charge is 0.478 e. The van der Waals surface area contributed by atoms with Crippen LogP contribution in [0.3, 0.4) is 0 Å². The Kier molecular flexibility index (Phi) is 2.51. The number of fused-ring (bicyclic) bond motifs is 1. The number of hydrogen-bond acceptors (Lipinski definition) is 3. The second kappa shape index (κ2) is 4.18. The van der Waals surface area contributed by atoms with Gasteiger partial charge < -0.3 is 14.6 Å². The van der Waals surface area contributed by atoms with E-state index < -0.39 is 5.97 Å². The molecule has 2 aromatic rings. The average Bonchev–Trinajstić information content (AvgIpc) is 2.86. The number of aromatic nitrogens is 2. The SMILES string of the molecule is O=C(O)c1cccc(N2CCn3ccnc3C2)c1. The quantitative estimate of drug-likeness (QED) is 0.870. The minimum atomic E-state index is -0.893. The molecule has 2 heterocycles. The van der Waals surface area contributed by atoms with Crippen molar-refractivity contribution in [3.8, 4) is 0 Å². The van der Waals surface area contributed by atoms with Gasteiger partial charge in [0.15, 0.2) is 0 Å². The minimum absolute atomic E-state index is 0.321. The molecule has 0 bridgehead atoms. The van der Waals surface area contributed by atoms with Gasteiger partial charge in [-0.3, -0.25) is 0 Å². The van der Waals surface area contributed by atoms with Crippen LogP contribution in [0.15, 0.2) is 36.7 Å².